The van der Waals surface area contributed by atoms with Crippen LogP contribution in [0.5, 0.6) is 0 Å². The molecule has 0 atom stereocenters. The van der Waals surface area contributed by atoms with Crippen LogP contribution in [0, 0.1) is 0 Å². The molecule has 0 aromatic carbocycles. The van der Waals surface area contributed by atoms with Crippen LogP contribution in [0.1, 0.15) is 36.5 Å². The first kappa shape index (κ1) is 16.3. The summed E-state index contributed by atoms with van der Waals surface area (Å²) in [5.41, 5.74) is 0.342. The summed E-state index contributed by atoms with van der Waals surface area (Å²) >= 11 is 0. The van der Waals surface area contributed by atoms with E-state index in [9.17, 15) is 18.0 Å². The lowest BCUT2D eigenvalue weighted by Crippen LogP contribution is -2.09. The van der Waals surface area contributed by atoms with Gasteiger partial charge in [-0.15, -0.1) is 0 Å². The summed E-state index contributed by atoms with van der Waals surface area (Å²) in [5, 5.41) is 2.90. The molecule has 4 nitrogen and oxygen atoms in total. The number of carbonyl (C=O) groups is 1. The first-order valence-electron chi connectivity index (χ1n) is 6.36. The lowest BCUT2D eigenvalue weighted by atomic mass is 10.2. The van der Waals surface area contributed by atoms with Gasteiger partial charge in [-0.2, -0.15) is 13.2 Å². The van der Waals surface area contributed by atoms with Crippen LogP contribution in [0.4, 0.5) is 19.0 Å². The summed E-state index contributed by atoms with van der Waals surface area (Å²) < 4.78 is 40.5. The minimum Gasteiger partial charge on any atom is -0.462 e. The molecule has 20 heavy (non-hydrogen) atoms. The number of esters is 1. The maximum absolute atomic E-state index is 11.9. The zero-order chi connectivity index (χ0) is 15.0. The van der Waals surface area contributed by atoms with E-state index >= 15 is 0 Å². The van der Waals surface area contributed by atoms with Crippen LogP contribution in [-0.2, 0) is 4.74 Å². The van der Waals surface area contributed by atoms with Gasteiger partial charge < -0.3 is 10.1 Å². The molecule has 0 fully saturated rings. The monoisotopic (exact) mass is 290 g/mol. The van der Waals surface area contributed by atoms with Crippen molar-refractivity contribution < 1.29 is 22.7 Å². The zero-order valence-electron chi connectivity index (χ0n) is 11.2. The van der Waals surface area contributed by atoms with Crippen LogP contribution >= 0.6 is 0 Å². The number of unbranched alkanes of at least 4 members (excludes halogenated alkanes) is 1. The molecule has 0 radical (unpaired) electrons. The van der Waals surface area contributed by atoms with Crippen LogP contribution in [-0.4, -0.2) is 30.3 Å². The Balaban J connectivity index is 2.30. The van der Waals surface area contributed by atoms with Crippen molar-refractivity contribution in [2.45, 2.75) is 32.4 Å². The minimum atomic E-state index is -4.10. The number of nitrogens with one attached hydrogen (secondary N) is 1. The smallest absolute Gasteiger partial charge is 0.389 e. The second-order valence-electron chi connectivity index (χ2n) is 4.15. The number of rotatable bonds is 7. The summed E-state index contributed by atoms with van der Waals surface area (Å²) in [6.07, 6.45) is -3.02. The molecule has 0 spiro atoms. The van der Waals surface area contributed by atoms with E-state index in [-0.39, 0.29) is 13.0 Å². The van der Waals surface area contributed by atoms with Gasteiger partial charge in [-0.05, 0) is 31.9 Å². The first-order chi connectivity index (χ1) is 9.42. The zero-order valence-corrected chi connectivity index (χ0v) is 11.2. The first-order valence-corrected chi connectivity index (χ1v) is 6.36. The Morgan fingerprint density at radius 2 is 2.10 bits per heavy atom. The van der Waals surface area contributed by atoms with Crippen molar-refractivity contribution >= 4 is 11.8 Å². The number of alkyl halides is 3. The SMILES string of the molecule is CCOC(=O)c1ccc(NCCCCC(F)(F)F)nc1. The maximum atomic E-state index is 11.9. The van der Waals surface area contributed by atoms with Gasteiger partial charge in [0.25, 0.3) is 0 Å². The summed E-state index contributed by atoms with van der Waals surface area (Å²) in [5.74, 6) is 0.0711. The second kappa shape index (κ2) is 7.72. The van der Waals surface area contributed by atoms with Crippen molar-refractivity contribution in [2.75, 3.05) is 18.5 Å². The lowest BCUT2D eigenvalue weighted by Gasteiger charge is -2.08. The molecule has 1 rings (SSSR count). The average molecular weight is 290 g/mol. The third-order valence-corrected chi connectivity index (χ3v) is 2.47. The average Bonchev–Trinajstić information content (AvgIpc) is 2.38. The Morgan fingerprint density at radius 1 is 1.35 bits per heavy atom. The van der Waals surface area contributed by atoms with E-state index < -0.39 is 18.6 Å². The molecule has 0 bridgehead atoms. The molecular weight excluding hydrogens is 273 g/mol. The molecule has 0 aliphatic heterocycles. The van der Waals surface area contributed by atoms with Crippen LogP contribution in [0.15, 0.2) is 18.3 Å². The van der Waals surface area contributed by atoms with Crippen molar-refractivity contribution in [1.29, 1.82) is 0 Å². The van der Waals surface area contributed by atoms with Crippen LogP contribution in [0.2, 0.25) is 0 Å². The number of carbonyl (C=O) groups excluding carboxylic acids is 1. The van der Waals surface area contributed by atoms with E-state index in [0.29, 0.717) is 24.3 Å². The number of pyridine rings is 1. The fraction of sp³-hybridized carbons (Fsp3) is 0.538. The Morgan fingerprint density at radius 3 is 2.65 bits per heavy atom. The molecule has 1 aromatic rings. The van der Waals surface area contributed by atoms with Crippen molar-refractivity contribution in [2.24, 2.45) is 0 Å². The number of ether oxygens (including phenoxy) is 1. The third kappa shape index (κ3) is 6.40. The van der Waals surface area contributed by atoms with Crippen LogP contribution in [0.25, 0.3) is 0 Å². The fourth-order valence-corrected chi connectivity index (χ4v) is 1.50. The summed E-state index contributed by atoms with van der Waals surface area (Å²) in [4.78, 5) is 15.4. The molecule has 0 aliphatic rings. The highest BCUT2D eigenvalue weighted by Crippen LogP contribution is 2.22. The molecule has 1 aromatic heterocycles. The van der Waals surface area contributed by atoms with Crippen LogP contribution < -0.4 is 5.32 Å². The van der Waals surface area contributed by atoms with Gasteiger partial charge in [0, 0.05) is 19.2 Å². The largest absolute Gasteiger partial charge is 0.462 e. The standard InChI is InChI=1S/C13H17F3N2O2/c1-2-20-12(19)10-5-6-11(18-9-10)17-8-4-3-7-13(14,15)16/h5-6,9H,2-4,7-8H2,1H3,(H,17,18). The molecule has 0 amide bonds. The number of aromatic nitrogens is 1. The molecule has 0 unspecified atom stereocenters. The molecule has 7 heteroatoms. The van der Waals surface area contributed by atoms with Gasteiger partial charge in [-0.1, -0.05) is 0 Å². The van der Waals surface area contributed by atoms with Crippen molar-refractivity contribution in [3.63, 3.8) is 0 Å². The molecule has 0 saturated heterocycles. The normalized spacial score (nSPS) is 11.2. The highest BCUT2D eigenvalue weighted by atomic mass is 19.4. The van der Waals surface area contributed by atoms with E-state index in [1.807, 2.05) is 0 Å². The minimum absolute atomic E-state index is 0.0808. The summed E-state index contributed by atoms with van der Waals surface area (Å²) in [6, 6.07) is 3.15. The van der Waals surface area contributed by atoms with Gasteiger partial charge in [-0.25, -0.2) is 9.78 Å². The Bertz CT molecular complexity index is 419. The number of nitrogens with zero attached hydrogens (tertiary/aromatic N) is 1. The predicted octanol–water partition coefficient (Wildman–Crippen LogP) is 3.40. The number of anilines is 1. The predicted molar refractivity (Wildman–Crippen MR) is 68.6 cm³/mol. The molecule has 112 valence electrons. The number of hydrogen-bond donors (Lipinski definition) is 1. The Hall–Kier alpha value is -1.79. The van der Waals surface area contributed by atoms with Crippen molar-refractivity contribution in [3.05, 3.63) is 23.9 Å². The summed E-state index contributed by atoms with van der Waals surface area (Å²) in [6.45, 7) is 2.40. The molecule has 1 heterocycles. The van der Waals surface area contributed by atoms with Gasteiger partial charge in [0.05, 0.1) is 12.2 Å². The topological polar surface area (TPSA) is 51.2 Å². The van der Waals surface area contributed by atoms with E-state index in [0.717, 1.165) is 0 Å². The second-order valence-corrected chi connectivity index (χ2v) is 4.15. The highest BCUT2D eigenvalue weighted by molar-refractivity contribution is 5.89. The van der Waals surface area contributed by atoms with E-state index in [2.05, 4.69) is 10.3 Å². The van der Waals surface area contributed by atoms with Crippen molar-refractivity contribution in [3.8, 4) is 0 Å². The fourth-order valence-electron chi connectivity index (χ4n) is 1.50. The Labute approximate surface area is 115 Å². The maximum Gasteiger partial charge on any atom is 0.389 e. The molecule has 1 N–H and O–H groups in total. The van der Waals surface area contributed by atoms with E-state index in [4.69, 9.17) is 4.74 Å². The molecule has 0 saturated carbocycles. The van der Waals surface area contributed by atoms with Gasteiger partial charge >= 0.3 is 12.1 Å². The quantitative estimate of drug-likeness (QED) is 0.617. The number of hydrogen-bond acceptors (Lipinski definition) is 4. The van der Waals surface area contributed by atoms with E-state index in [1.54, 1.807) is 19.1 Å². The highest BCUT2D eigenvalue weighted by Gasteiger charge is 2.25. The van der Waals surface area contributed by atoms with E-state index in [1.165, 1.54) is 6.20 Å². The Kier molecular flexibility index (Phi) is 6.27. The van der Waals surface area contributed by atoms with Crippen LogP contribution in [0.3, 0.4) is 0 Å². The van der Waals surface area contributed by atoms with Gasteiger partial charge in [0.2, 0.25) is 0 Å². The lowest BCUT2D eigenvalue weighted by molar-refractivity contribution is -0.135. The summed E-state index contributed by atoms with van der Waals surface area (Å²) in [7, 11) is 0. The van der Waals surface area contributed by atoms with Gasteiger partial charge in [0.1, 0.15) is 5.82 Å². The molecular formula is C13H17F3N2O2. The van der Waals surface area contributed by atoms with Gasteiger partial charge in [0.15, 0.2) is 0 Å². The number of halogens is 3. The third-order valence-electron chi connectivity index (χ3n) is 2.47. The molecule has 0 aliphatic carbocycles. The van der Waals surface area contributed by atoms with Crippen molar-refractivity contribution in [1.82, 2.24) is 4.98 Å². The van der Waals surface area contributed by atoms with Gasteiger partial charge in [-0.3, -0.25) is 0 Å².